The number of carbonyl (C=O) groups is 4. The topological polar surface area (TPSA) is 141 Å². The van der Waals surface area contributed by atoms with Gasteiger partial charge in [0.15, 0.2) is 18.1 Å². The summed E-state index contributed by atoms with van der Waals surface area (Å²) in [6, 6.07) is 13.1. The number of hydrogen-bond acceptors (Lipinski definition) is 8. The van der Waals surface area contributed by atoms with E-state index in [4.69, 9.17) is 14.2 Å². The second-order valence-corrected chi connectivity index (χ2v) is 12.4. The van der Waals surface area contributed by atoms with Gasteiger partial charge in [0.1, 0.15) is 0 Å². The summed E-state index contributed by atoms with van der Waals surface area (Å²) in [6.07, 6.45) is 5.55. The van der Waals surface area contributed by atoms with Crippen molar-refractivity contribution < 1.29 is 33.4 Å². The van der Waals surface area contributed by atoms with Crippen LogP contribution in [-0.4, -0.2) is 84.6 Å². The molecule has 47 heavy (non-hydrogen) atoms. The molecule has 1 saturated carbocycles. The third-order valence-corrected chi connectivity index (χ3v) is 8.82. The van der Waals surface area contributed by atoms with Crippen LogP contribution in [0.15, 0.2) is 48.8 Å². The number of fused-ring (bicyclic) bond motifs is 3. The number of esters is 1. The van der Waals surface area contributed by atoms with Gasteiger partial charge >= 0.3 is 5.97 Å². The van der Waals surface area contributed by atoms with Crippen LogP contribution in [0.25, 0.3) is 11.0 Å². The highest BCUT2D eigenvalue weighted by atomic mass is 16.5. The summed E-state index contributed by atoms with van der Waals surface area (Å²) in [7, 11) is 1.52. The Labute approximate surface area is 275 Å². The van der Waals surface area contributed by atoms with Crippen molar-refractivity contribution in [1.82, 2.24) is 25.1 Å². The Hall–Kier alpha value is -4.61. The normalized spacial score (nSPS) is 19.9. The first-order valence-corrected chi connectivity index (χ1v) is 16.5. The maximum Gasteiger partial charge on any atom is 0.314 e. The molecule has 0 spiro atoms. The Morgan fingerprint density at radius 1 is 1.09 bits per heavy atom. The molecule has 12 heteroatoms. The largest absolute Gasteiger partial charge is 0.493 e. The monoisotopic (exact) mass is 647 g/mol. The van der Waals surface area contributed by atoms with Crippen molar-refractivity contribution in [3.63, 3.8) is 0 Å². The molecule has 5 rings (SSSR count). The number of rotatable bonds is 8. The number of imidazole rings is 1. The molecule has 2 aromatic carbocycles. The minimum Gasteiger partial charge on any atom is -0.493 e. The zero-order valence-electron chi connectivity index (χ0n) is 27.3. The average molecular weight is 648 g/mol. The van der Waals surface area contributed by atoms with Gasteiger partial charge in [0.25, 0.3) is 5.91 Å². The van der Waals surface area contributed by atoms with Crippen molar-refractivity contribution in [3.05, 3.63) is 54.4 Å². The van der Waals surface area contributed by atoms with Crippen molar-refractivity contribution in [3.8, 4) is 11.5 Å². The molecule has 2 heterocycles. The van der Waals surface area contributed by atoms with E-state index in [0.29, 0.717) is 49.8 Å². The van der Waals surface area contributed by atoms with E-state index in [9.17, 15) is 19.2 Å². The van der Waals surface area contributed by atoms with Crippen LogP contribution < -0.4 is 20.1 Å². The highest BCUT2D eigenvalue weighted by Gasteiger charge is 2.44. The third kappa shape index (κ3) is 9.02. The maximum atomic E-state index is 13.6. The fraction of sp³-hybridized carbons (Fsp3) is 0.514. The highest BCUT2D eigenvalue weighted by Crippen LogP contribution is 2.43. The van der Waals surface area contributed by atoms with Crippen LogP contribution in [0.2, 0.25) is 0 Å². The lowest BCUT2D eigenvalue weighted by Crippen LogP contribution is -2.46. The van der Waals surface area contributed by atoms with Crippen molar-refractivity contribution in [2.45, 2.75) is 58.4 Å². The molecule has 2 bridgehead atoms. The summed E-state index contributed by atoms with van der Waals surface area (Å²) in [6.45, 7) is 3.20. The number of aromatic nitrogens is 2. The van der Waals surface area contributed by atoms with Gasteiger partial charge < -0.3 is 34.3 Å². The number of benzene rings is 2. The lowest BCUT2D eigenvalue weighted by atomic mass is 9.76. The Morgan fingerprint density at radius 2 is 1.91 bits per heavy atom. The van der Waals surface area contributed by atoms with E-state index in [1.54, 1.807) is 30.3 Å². The molecule has 3 aromatic rings. The van der Waals surface area contributed by atoms with E-state index in [1.165, 1.54) is 7.11 Å². The van der Waals surface area contributed by atoms with Crippen LogP contribution in [0, 0.1) is 11.3 Å². The predicted octanol–water partition coefficient (Wildman–Crippen LogP) is 3.26. The molecule has 1 unspecified atom stereocenters. The summed E-state index contributed by atoms with van der Waals surface area (Å²) in [4.78, 5) is 59.0. The number of ether oxygens (including phenoxy) is 3. The Morgan fingerprint density at radius 3 is 2.70 bits per heavy atom. The zero-order valence-corrected chi connectivity index (χ0v) is 27.3. The number of amides is 3. The Kier molecular flexibility index (Phi) is 11.3. The standard InChI is InChI=1S/C35H45N5O7/c1-3-46-34(44)35(20-25-10-11-25)21-26-12-13-29(45-2)30(19-26)47-22-32(42)36-15-18-39(16-6-9-31(41)37-23-35)33(43)14-17-40-24-38-27-7-4-5-8-28(27)40/h4-5,7-8,12-13,19,24-25H,3,6,9-11,14-18,20-23H2,1-2H3,(H,36,42)(H,37,41). The van der Waals surface area contributed by atoms with Gasteiger partial charge in [-0.3, -0.25) is 19.2 Å². The van der Waals surface area contributed by atoms with E-state index in [2.05, 4.69) is 15.6 Å². The fourth-order valence-electron chi connectivity index (χ4n) is 6.16. The van der Waals surface area contributed by atoms with Crippen LogP contribution in [0.3, 0.4) is 0 Å². The number of hydrogen-bond donors (Lipinski definition) is 2. The maximum absolute atomic E-state index is 13.6. The number of carbonyl (C=O) groups excluding carboxylic acids is 4. The van der Waals surface area contributed by atoms with Gasteiger partial charge in [0, 0.05) is 45.6 Å². The van der Waals surface area contributed by atoms with Crippen LogP contribution in [0.5, 0.6) is 11.5 Å². The van der Waals surface area contributed by atoms with Crippen molar-refractivity contribution >= 4 is 34.7 Å². The summed E-state index contributed by atoms with van der Waals surface area (Å²) in [5.41, 5.74) is 1.65. The number of nitrogens with one attached hydrogen (secondary N) is 2. The molecular weight excluding hydrogens is 602 g/mol. The first-order chi connectivity index (χ1) is 22.8. The zero-order chi connectivity index (χ0) is 33.2. The molecule has 1 atom stereocenters. The van der Waals surface area contributed by atoms with Crippen molar-refractivity contribution in [2.24, 2.45) is 11.3 Å². The van der Waals surface area contributed by atoms with Gasteiger partial charge in [-0.1, -0.05) is 31.0 Å². The van der Waals surface area contributed by atoms with Crippen molar-refractivity contribution in [2.75, 3.05) is 46.5 Å². The summed E-state index contributed by atoms with van der Waals surface area (Å²) in [5.74, 6) is 0.238. The summed E-state index contributed by atoms with van der Waals surface area (Å²) < 4.78 is 18.9. The average Bonchev–Trinajstić information content (AvgIpc) is 3.79. The summed E-state index contributed by atoms with van der Waals surface area (Å²) in [5, 5.41) is 5.86. The second kappa shape index (κ2) is 15.8. The lowest BCUT2D eigenvalue weighted by Gasteiger charge is -2.32. The number of para-hydroxylation sites is 2. The Balaban J connectivity index is 1.33. The van der Waals surface area contributed by atoms with Gasteiger partial charge in [0.05, 0.1) is 36.5 Å². The van der Waals surface area contributed by atoms with Crippen LogP contribution >= 0.6 is 0 Å². The van der Waals surface area contributed by atoms with Crippen LogP contribution in [0.4, 0.5) is 0 Å². The molecule has 2 aliphatic rings. The molecule has 1 aliphatic heterocycles. The smallest absolute Gasteiger partial charge is 0.314 e. The Bertz CT molecular complexity index is 1570. The minimum atomic E-state index is -0.971. The molecule has 0 saturated heterocycles. The first kappa shape index (κ1) is 33.7. The van der Waals surface area contributed by atoms with E-state index in [0.717, 1.165) is 29.4 Å². The molecule has 1 aliphatic carbocycles. The molecule has 1 aromatic heterocycles. The molecule has 1 fully saturated rings. The molecule has 2 N–H and O–H groups in total. The number of nitrogens with zero attached hydrogens (tertiary/aromatic N) is 3. The molecule has 252 valence electrons. The van der Waals surface area contributed by atoms with E-state index < -0.39 is 5.41 Å². The predicted molar refractivity (Wildman–Crippen MR) is 175 cm³/mol. The van der Waals surface area contributed by atoms with Gasteiger partial charge in [-0.15, -0.1) is 0 Å². The molecule has 12 nitrogen and oxygen atoms in total. The van der Waals surface area contributed by atoms with Gasteiger partial charge in [-0.25, -0.2) is 4.98 Å². The highest BCUT2D eigenvalue weighted by molar-refractivity contribution is 5.81. The minimum absolute atomic E-state index is 0.0876. The first-order valence-electron chi connectivity index (χ1n) is 16.5. The number of aryl methyl sites for hydroxylation is 1. The second-order valence-electron chi connectivity index (χ2n) is 12.4. The molecule has 0 radical (unpaired) electrons. The van der Waals surface area contributed by atoms with Gasteiger partial charge in [-0.05, 0) is 61.9 Å². The van der Waals surface area contributed by atoms with Crippen molar-refractivity contribution in [1.29, 1.82) is 0 Å². The lowest BCUT2D eigenvalue weighted by molar-refractivity contribution is -0.156. The summed E-state index contributed by atoms with van der Waals surface area (Å²) >= 11 is 0. The number of methoxy groups -OCH3 is 1. The van der Waals surface area contributed by atoms with Crippen LogP contribution in [0.1, 0.15) is 51.0 Å². The van der Waals surface area contributed by atoms with E-state index in [1.807, 2.05) is 34.9 Å². The van der Waals surface area contributed by atoms with E-state index >= 15 is 0 Å². The fourth-order valence-corrected chi connectivity index (χ4v) is 6.16. The molecule has 3 amide bonds. The van der Waals surface area contributed by atoms with Gasteiger partial charge in [0.2, 0.25) is 11.8 Å². The van der Waals surface area contributed by atoms with E-state index in [-0.39, 0.29) is 69.4 Å². The third-order valence-electron chi connectivity index (χ3n) is 8.82. The van der Waals surface area contributed by atoms with Crippen LogP contribution in [-0.2, 0) is 36.9 Å². The quantitative estimate of drug-likeness (QED) is 0.355. The van der Waals surface area contributed by atoms with Gasteiger partial charge in [-0.2, -0.15) is 0 Å². The molecular formula is C35H45N5O7. The SMILES string of the molecule is CCOC(=O)C1(CC2CC2)CNC(=O)CCCN(C(=O)CCn2cnc3ccccc32)CCNC(=O)COc2cc(ccc2OC)C1.